The molecule has 0 fully saturated rings. The molecule has 2 N–H and O–H groups in total. The van der Waals surface area contributed by atoms with Crippen LogP contribution in [0, 0.1) is 18.3 Å². The van der Waals surface area contributed by atoms with Gasteiger partial charge in [0.25, 0.3) is 0 Å². The smallest absolute Gasteiger partial charge is 0.422 e. The molecule has 5 nitrogen and oxygen atoms in total. The molecular formula is C21H15F3N4O. The van der Waals surface area contributed by atoms with E-state index >= 15 is 0 Å². The predicted molar refractivity (Wildman–Crippen MR) is 99.0 cm³/mol. The second kappa shape index (κ2) is 6.71. The highest BCUT2D eigenvalue weighted by atomic mass is 19.4. The number of nitriles is 1. The van der Waals surface area contributed by atoms with Crippen molar-refractivity contribution in [1.82, 2.24) is 9.78 Å². The van der Waals surface area contributed by atoms with Gasteiger partial charge >= 0.3 is 6.18 Å². The van der Waals surface area contributed by atoms with E-state index < -0.39 is 17.8 Å². The Bertz CT molecular complexity index is 1140. The molecule has 1 atom stereocenters. The van der Waals surface area contributed by atoms with E-state index in [0.717, 1.165) is 10.2 Å². The lowest BCUT2D eigenvalue weighted by Crippen LogP contribution is -2.23. The Morgan fingerprint density at radius 1 is 1.10 bits per heavy atom. The van der Waals surface area contributed by atoms with Crippen LogP contribution in [0.15, 0.2) is 66.1 Å². The minimum Gasteiger partial charge on any atom is -0.422 e. The number of para-hydroxylation sites is 1. The molecule has 0 radical (unpaired) electrons. The van der Waals surface area contributed by atoms with Gasteiger partial charge in [-0.05, 0) is 24.6 Å². The molecule has 0 saturated carbocycles. The van der Waals surface area contributed by atoms with E-state index in [-0.39, 0.29) is 22.9 Å². The van der Waals surface area contributed by atoms with Crippen LogP contribution >= 0.6 is 0 Å². The van der Waals surface area contributed by atoms with Crippen molar-refractivity contribution < 1.29 is 17.9 Å². The number of fused-ring (bicyclic) bond motifs is 1. The third-order valence-electron chi connectivity index (χ3n) is 4.73. The van der Waals surface area contributed by atoms with Gasteiger partial charge in [-0.2, -0.15) is 28.2 Å². The number of halogens is 3. The summed E-state index contributed by atoms with van der Waals surface area (Å²) in [5.41, 5.74) is 6.34. The van der Waals surface area contributed by atoms with Gasteiger partial charge in [-0.1, -0.05) is 48.0 Å². The first-order chi connectivity index (χ1) is 13.8. The van der Waals surface area contributed by atoms with E-state index in [9.17, 15) is 18.4 Å². The van der Waals surface area contributed by atoms with Gasteiger partial charge < -0.3 is 10.5 Å². The number of ether oxygens (including phenoxy) is 1. The van der Waals surface area contributed by atoms with Crippen molar-refractivity contribution in [3.05, 3.63) is 88.4 Å². The largest absolute Gasteiger partial charge is 0.435 e. The van der Waals surface area contributed by atoms with Crippen LogP contribution in [0.25, 0.3) is 5.69 Å². The maximum atomic E-state index is 13.9. The second-order valence-corrected chi connectivity index (χ2v) is 6.65. The number of nitrogens with zero attached hydrogens (tertiary/aromatic N) is 3. The van der Waals surface area contributed by atoms with Gasteiger partial charge in [0.2, 0.25) is 11.8 Å². The Morgan fingerprint density at radius 3 is 2.34 bits per heavy atom. The highest BCUT2D eigenvalue weighted by Crippen LogP contribution is 2.48. The monoisotopic (exact) mass is 396 g/mol. The molecule has 0 bridgehead atoms. The molecule has 3 aromatic rings. The number of benzene rings is 2. The van der Waals surface area contributed by atoms with Crippen LogP contribution in [-0.2, 0) is 6.18 Å². The average Bonchev–Trinajstić information content (AvgIpc) is 3.08. The number of aryl methyl sites for hydroxylation is 1. The molecule has 2 heterocycles. The van der Waals surface area contributed by atoms with Crippen LogP contribution in [0.1, 0.15) is 28.3 Å². The van der Waals surface area contributed by atoms with Crippen LogP contribution < -0.4 is 10.5 Å². The summed E-state index contributed by atoms with van der Waals surface area (Å²) in [6.45, 7) is 1.86. The minimum absolute atomic E-state index is 0.0838. The summed E-state index contributed by atoms with van der Waals surface area (Å²) in [5.74, 6) is -1.43. The van der Waals surface area contributed by atoms with Crippen molar-refractivity contribution in [2.24, 2.45) is 5.73 Å². The number of nitrogens with two attached hydrogens (primary N) is 1. The number of hydrogen-bond donors (Lipinski definition) is 1. The van der Waals surface area contributed by atoms with Crippen molar-refractivity contribution in [3.8, 4) is 17.6 Å². The summed E-state index contributed by atoms with van der Waals surface area (Å²) in [6.07, 6.45) is -4.75. The first kappa shape index (κ1) is 18.6. The fourth-order valence-electron chi connectivity index (χ4n) is 3.38. The predicted octanol–water partition coefficient (Wildman–Crippen LogP) is 4.42. The van der Waals surface area contributed by atoms with Crippen LogP contribution in [0.3, 0.4) is 0 Å². The van der Waals surface area contributed by atoms with Gasteiger partial charge in [0, 0.05) is 0 Å². The normalized spacial score (nSPS) is 16.2. The van der Waals surface area contributed by atoms with Gasteiger partial charge in [-0.15, -0.1) is 0 Å². The van der Waals surface area contributed by atoms with Crippen molar-refractivity contribution >= 4 is 0 Å². The molecule has 4 rings (SSSR count). The lowest BCUT2D eigenvalue weighted by molar-refractivity contribution is -0.142. The van der Waals surface area contributed by atoms with Gasteiger partial charge in [0.05, 0.1) is 17.2 Å². The zero-order chi connectivity index (χ0) is 20.8. The summed E-state index contributed by atoms with van der Waals surface area (Å²) >= 11 is 0. The zero-order valence-corrected chi connectivity index (χ0v) is 15.2. The molecule has 0 aliphatic carbocycles. The molecular weight excluding hydrogens is 381 g/mol. The number of aromatic nitrogens is 2. The fraction of sp³-hybridized carbons (Fsp3) is 0.143. The van der Waals surface area contributed by atoms with E-state index in [1.807, 2.05) is 13.0 Å². The maximum Gasteiger partial charge on any atom is 0.435 e. The van der Waals surface area contributed by atoms with Gasteiger partial charge in [-0.25, -0.2) is 0 Å². The molecule has 0 unspecified atom stereocenters. The topological polar surface area (TPSA) is 76.9 Å². The van der Waals surface area contributed by atoms with Crippen molar-refractivity contribution in [2.75, 3.05) is 0 Å². The Balaban J connectivity index is 2.04. The summed E-state index contributed by atoms with van der Waals surface area (Å²) in [7, 11) is 0. The van der Waals surface area contributed by atoms with Crippen molar-refractivity contribution in [3.63, 3.8) is 0 Å². The molecule has 2 aromatic carbocycles. The van der Waals surface area contributed by atoms with Gasteiger partial charge in [0.15, 0.2) is 5.69 Å². The quantitative estimate of drug-likeness (QED) is 0.696. The third kappa shape index (κ3) is 3.10. The molecule has 1 aliphatic rings. The molecule has 1 aromatic heterocycles. The first-order valence-corrected chi connectivity index (χ1v) is 8.71. The third-order valence-corrected chi connectivity index (χ3v) is 4.73. The summed E-state index contributed by atoms with van der Waals surface area (Å²) in [6, 6.07) is 17.1. The highest BCUT2D eigenvalue weighted by Gasteiger charge is 2.46. The standard InChI is InChI=1S/C21H15F3N4O/c1-12-7-9-13(10-8-12)16-15(11-25)19(26)29-20-17(16)18(21(22,23)24)27-28(20)14-5-3-2-4-6-14/h2-10,16H,26H2,1H3/t16-/m1/s1. The molecule has 29 heavy (non-hydrogen) atoms. The molecule has 0 saturated heterocycles. The van der Waals surface area contributed by atoms with E-state index in [4.69, 9.17) is 10.5 Å². The van der Waals surface area contributed by atoms with E-state index in [1.54, 1.807) is 54.6 Å². The summed E-state index contributed by atoms with van der Waals surface area (Å²) < 4.78 is 48.4. The lowest BCUT2D eigenvalue weighted by Gasteiger charge is -2.25. The summed E-state index contributed by atoms with van der Waals surface area (Å²) in [5, 5.41) is 13.4. The maximum absolute atomic E-state index is 13.9. The molecule has 146 valence electrons. The van der Waals surface area contributed by atoms with Gasteiger partial charge in [-0.3, -0.25) is 0 Å². The molecule has 1 aliphatic heterocycles. The molecule has 8 heteroatoms. The fourth-order valence-corrected chi connectivity index (χ4v) is 3.38. The van der Waals surface area contributed by atoms with Crippen molar-refractivity contribution in [1.29, 1.82) is 5.26 Å². The second-order valence-electron chi connectivity index (χ2n) is 6.65. The molecule has 0 amide bonds. The van der Waals surface area contributed by atoms with Crippen LogP contribution in [0.2, 0.25) is 0 Å². The average molecular weight is 396 g/mol. The number of allylic oxidation sites excluding steroid dienone is 1. The Labute approximate surface area is 164 Å². The number of alkyl halides is 3. The van der Waals surface area contributed by atoms with Crippen LogP contribution in [-0.4, -0.2) is 9.78 Å². The van der Waals surface area contributed by atoms with Gasteiger partial charge in [0.1, 0.15) is 11.6 Å². The first-order valence-electron chi connectivity index (χ1n) is 8.71. The Morgan fingerprint density at radius 2 is 1.76 bits per heavy atom. The Hall–Kier alpha value is -3.73. The Kier molecular flexibility index (Phi) is 4.31. The highest BCUT2D eigenvalue weighted by molar-refractivity contribution is 5.58. The van der Waals surface area contributed by atoms with Crippen molar-refractivity contribution in [2.45, 2.75) is 19.0 Å². The SMILES string of the molecule is Cc1ccc([C@@H]2C(C#N)=C(N)Oc3c2c(C(F)(F)F)nn3-c2ccccc2)cc1. The van der Waals surface area contributed by atoms with Crippen LogP contribution in [0.4, 0.5) is 13.2 Å². The summed E-state index contributed by atoms with van der Waals surface area (Å²) in [4.78, 5) is 0. The van der Waals surface area contributed by atoms with Crippen LogP contribution in [0.5, 0.6) is 5.88 Å². The number of rotatable bonds is 2. The van der Waals surface area contributed by atoms with E-state index in [1.165, 1.54) is 0 Å². The van der Waals surface area contributed by atoms with E-state index in [2.05, 4.69) is 5.10 Å². The lowest BCUT2D eigenvalue weighted by atomic mass is 9.83. The number of hydrogen-bond acceptors (Lipinski definition) is 4. The van der Waals surface area contributed by atoms with E-state index in [0.29, 0.717) is 11.3 Å². The zero-order valence-electron chi connectivity index (χ0n) is 15.2. The minimum atomic E-state index is -4.75. The molecule has 0 spiro atoms.